The summed E-state index contributed by atoms with van der Waals surface area (Å²) in [5, 5.41) is 11.8. The molecule has 1 unspecified atom stereocenters. The molecule has 2 N–H and O–H groups in total. The first kappa shape index (κ1) is 19.6. The minimum atomic E-state index is -0.969. The zero-order valence-electron chi connectivity index (χ0n) is 15.1. The summed E-state index contributed by atoms with van der Waals surface area (Å²) in [5.74, 6) is -1.08. The number of oxazole rings is 1. The van der Waals surface area contributed by atoms with Gasteiger partial charge in [-0.2, -0.15) is 0 Å². The number of hydrogen-bond donors (Lipinski definition) is 2. The van der Waals surface area contributed by atoms with Crippen LogP contribution in [-0.4, -0.2) is 27.5 Å². The molecule has 140 valence electrons. The molecule has 1 heterocycles. The summed E-state index contributed by atoms with van der Waals surface area (Å²) < 4.78 is 19.3. The third-order valence-electron chi connectivity index (χ3n) is 4.48. The Balaban J connectivity index is 1.97. The van der Waals surface area contributed by atoms with E-state index in [0.29, 0.717) is 17.2 Å². The molecular weight excluding hydrogens is 339 g/mol. The Morgan fingerprint density at radius 3 is 2.65 bits per heavy atom. The van der Waals surface area contributed by atoms with Crippen LogP contribution >= 0.6 is 0 Å². The molecule has 1 atom stereocenters. The van der Waals surface area contributed by atoms with Crippen LogP contribution in [0, 0.1) is 11.7 Å². The van der Waals surface area contributed by atoms with E-state index in [0.717, 1.165) is 0 Å². The summed E-state index contributed by atoms with van der Waals surface area (Å²) in [6.45, 7) is 5.43. The van der Waals surface area contributed by atoms with Crippen molar-refractivity contribution in [2.24, 2.45) is 5.92 Å². The Morgan fingerprint density at radius 2 is 2.04 bits per heavy atom. The van der Waals surface area contributed by atoms with Crippen LogP contribution in [0.4, 0.5) is 4.39 Å². The number of halogens is 1. The Kier molecular flexibility index (Phi) is 6.13. The fraction of sp³-hybridized carbons (Fsp3) is 0.421. The van der Waals surface area contributed by atoms with E-state index in [1.54, 1.807) is 25.1 Å². The van der Waals surface area contributed by atoms with Gasteiger partial charge in [0.25, 0.3) is 0 Å². The lowest BCUT2D eigenvalue weighted by atomic mass is 9.85. The first-order valence-electron chi connectivity index (χ1n) is 8.43. The van der Waals surface area contributed by atoms with Crippen LogP contribution in [0.25, 0.3) is 11.3 Å². The number of amides is 1. The van der Waals surface area contributed by atoms with Gasteiger partial charge in [-0.1, -0.05) is 26.0 Å². The molecule has 1 amide bonds. The molecule has 2 rings (SSSR count). The van der Waals surface area contributed by atoms with Gasteiger partial charge in [0.2, 0.25) is 5.91 Å². The fourth-order valence-corrected chi connectivity index (χ4v) is 2.52. The SMILES string of the molecule is CC(C)C(C)(CC(=O)O)NC(=O)CCc1ncc(-c2ccccc2F)o1. The highest BCUT2D eigenvalue weighted by Crippen LogP contribution is 2.24. The van der Waals surface area contributed by atoms with Crippen LogP contribution in [0.1, 0.15) is 39.5 Å². The molecular formula is C19H23FN2O4. The largest absolute Gasteiger partial charge is 0.481 e. The van der Waals surface area contributed by atoms with Crippen LogP contribution in [0.3, 0.4) is 0 Å². The van der Waals surface area contributed by atoms with Gasteiger partial charge >= 0.3 is 5.97 Å². The molecule has 0 spiro atoms. The number of nitrogens with one attached hydrogen (secondary N) is 1. The minimum absolute atomic E-state index is 0.0445. The van der Waals surface area contributed by atoms with Crippen LogP contribution in [-0.2, 0) is 16.0 Å². The Labute approximate surface area is 151 Å². The lowest BCUT2D eigenvalue weighted by molar-refractivity contribution is -0.139. The standard InChI is InChI=1S/C19H23FN2O4/c1-12(2)19(3,10-18(24)25)22-16(23)8-9-17-21-11-15(26-17)13-6-4-5-7-14(13)20/h4-7,11-12H,8-10H2,1-3H3,(H,22,23)(H,24,25). The minimum Gasteiger partial charge on any atom is -0.481 e. The Morgan fingerprint density at radius 1 is 1.35 bits per heavy atom. The van der Waals surface area contributed by atoms with E-state index >= 15 is 0 Å². The number of rotatable bonds is 8. The maximum absolute atomic E-state index is 13.8. The second kappa shape index (κ2) is 8.12. The number of aliphatic carboxylic acids is 1. The molecule has 26 heavy (non-hydrogen) atoms. The third kappa shape index (κ3) is 4.91. The highest BCUT2D eigenvalue weighted by molar-refractivity contribution is 5.78. The van der Waals surface area contributed by atoms with Gasteiger partial charge in [0.05, 0.1) is 18.2 Å². The molecule has 1 aromatic heterocycles. The molecule has 6 nitrogen and oxygen atoms in total. The average molecular weight is 362 g/mol. The van der Waals surface area contributed by atoms with Gasteiger partial charge in [-0.05, 0) is 25.0 Å². The Hall–Kier alpha value is -2.70. The summed E-state index contributed by atoms with van der Waals surface area (Å²) in [6.07, 6.45) is 1.60. The van der Waals surface area contributed by atoms with E-state index in [2.05, 4.69) is 10.3 Å². The van der Waals surface area contributed by atoms with Crippen molar-refractivity contribution in [1.29, 1.82) is 0 Å². The molecule has 2 aromatic rings. The van der Waals surface area contributed by atoms with E-state index in [9.17, 15) is 14.0 Å². The third-order valence-corrected chi connectivity index (χ3v) is 4.48. The van der Waals surface area contributed by atoms with Gasteiger partial charge in [0.1, 0.15) is 5.82 Å². The number of aryl methyl sites for hydroxylation is 1. The smallest absolute Gasteiger partial charge is 0.305 e. The second-order valence-corrected chi connectivity index (χ2v) is 6.79. The van der Waals surface area contributed by atoms with Gasteiger partial charge in [0.15, 0.2) is 11.7 Å². The average Bonchev–Trinajstić information content (AvgIpc) is 3.01. The molecule has 0 saturated heterocycles. The fourth-order valence-electron chi connectivity index (χ4n) is 2.52. The second-order valence-electron chi connectivity index (χ2n) is 6.79. The lowest BCUT2D eigenvalue weighted by Crippen LogP contribution is -2.51. The molecule has 7 heteroatoms. The van der Waals surface area contributed by atoms with Crippen molar-refractivity contribution in [2.45, 2.75) is 45.6 Å². The predicted octanol–water partition coefficient (Wildman–Crippen LogP) is 3.42. The van der Waals surface area contributed by atoms with Gasteiger partial charge in [-0.15, -0.1) is 0 Å². The van der Waals surface area contributed by atoms with Crippen molar-refractivity contribution in [3.8, 4) is 11.3 Å². The molecule has 1 aromatic carbocycles. The first-order chi connectivity index (χ1) is 12.2. The summed E-state index contributed by atoms with van der Waals surface area (Å²) in [7, 11) is 0. The van der Waals surface area contributed by atoms with Gasteiger partial charge in [-0.25, -0.2) is 9.37 Å². The lowest BCUT2D eigenvalue weighted by Gasteiger charge is -2.33. The van der Waals surface area contributed by atoms with E-state index in [4.69, 9.17) is 9.52 Å². The van der Waals surface area contributed by atoms with Crippen molar-refractivity contribution in [2.75, 3.05) is 0 Å². The van der Waals surface area contributed by atoms with Crippen LogP contribution in [0.15, 0.2) is 34.9 Å². The maximum Gasteiger partial charge on any atom is 0.305 e. The molecule has 0 aliphatic rings. The number of carbonyl (C=O) groups excluding carboxylic acids is 1. The zero-order valence-corrected chi connectivity index (χ0v) is 15.1. The van der Waals surface area contributed by atoms with E-state index in [1.807, 2.05) is 13.8 Å². The topological polar surface area (TPSA) is 92.4 Å². The zero-order chi connectivity index (χ0) is 19.3. The highest BCUT2D eigenvalue weighted by Gasteiger charge is 2.32. The van der Waals surface area contributed by atoms with Crippen molar-refractivity contribution < 1.29 is 23.5 Å². The van der Waals surface area contributed by atoms with Crippen LogP contribution in [0.2, 0.25) is 0 Å². The number of aromatic nitrogens is 1. The van der Waals surface area contributed by atoms with Crippen molar-refractivity contribution >= 4 is 11.9 Å². The summed E-state index contributed by atoms with van der Waals surface area (Å²) in [6, 6.07) is 6.21. The molecule has 0 saturated carbocycles. The molecule has 0 fully saturated rings. The number of carbonyl (C=O) groups is 2. The Bertz CT molecular complexity index is 787. The molecule has 0 radical (unpaired) electrons. The number of carboxylic acid groups (broad SMARTS) is 1. The van der Waals surface area contributed by atoms with Gasteiger partial charge in [-0.3, -0.25) is 9.59 Å². The van der Waals surface area contributed by atoms with Crippen LogP contribution in [0.5, 0.6) is 0 Å². The number of hydrogen-bond acceptors (Lipinski definition) is 4. The quantitative estimate of drug-likeness (QED) is 0.751. The normalized spacial score (nSPS) is 13.4. The van der Waals surface area contributed by atoms with E-state index in [1.165, 1.54) is 12.3 Å². The monoisotopic (exact) mass is 362 g/mol. The van der Waals surface area contributed by atoms with Gasteiger partial charge < -0.3 is 14.8 Å². The molecule has 0 bridgehead atoms. The summed E-state index contributed by atoms with van der Waals surface area (Å²) in [4.78, 5) is 27.3. The highest BCUT2D eigenvalue weighted by atomic mass is 19.1. The van der Waals surface area contributed by atoms with Crippen molar-refractivity contribution in [3.05, 3.63) is 42.2 Å². The summed E-state index contributed by atoms with van der Waals surface area (Å²) in [5.41, 5.74) is -0.526. The van der Waals surface area contributed by atoms with Crippen molar-refractivity contribution in [1.82, 2.24) is 10.3 Å². The van der Waals surface area contributed by atoms with Gasteiger partial charge in [0, 0.05) is 18.4 Å². The number of carboxylic acids is 1. The first-order valence-corrected chi connectivity index (χ1v) is 8.43. The number of benzene rings is 1. The number of nitrogens with zero attached hydrogens (tertiary/aromatic N) is 1. The van der Waals surface area contributed by atoms with E-state index in [-0.39, 0.29) is 31.1 Å². The molecule has 0 aliphatic heterocycles. The van der Waals surface area contributed by atoms with Crippen molar-refractivity contribution in [3.63, 3.8) is 0 Å². The van der Waals surface area contributed by atoms with Crippen LogP contribution < -0.4 is 5.32 Å². The summed E-state index contributed by atoms with van der Waals surface area (Å²) >= 11 is 0. The predicted molar refractivity (Wildman–Crippen MR) is 93.9 cm³/mol. The maximum atomic E-state index is 13.8. The van der Waals surface area contributed by atoms with E-state index < -0.39 is 17.3 Å². The molecule has 0 aliphatic carbocycles.